The normalized spacial score (nSPS) is 17.7. The fraction of sp³-hybridized carbons (Fsp3) is 0.0980. The van der Waals surface area contributed by atoms with Crippen LogP contribution in [0, 0.1) is 19.3 Å². The molecule has 2 aliphatic rings. The first-order chi connectivity index (χ1) is 28.6. The van der Waals surface area contributed by atoms with Gasteiger partial charge in [0.2, 0.25) is 7.29 Å². The van der Waals surface area contributed by atoms with Gasteiger partial charge in [-0.3, -0.25) is 9.13 Å². The lowest BCUT2D eigenvalue weighted by atomic mass is 9.96. The molecule has 0 radical (unpaired) electrons. The molecule has 0 spiro atoms. The van der Waals surface area contributed by atoms with E-state index in [0.29, 0.717) is 40.5 Å². The molecule has 0 aliphatic carbocycles. The lowest BCUT2D eigenvalue weighted by Crippen LogP contribution is -2.30. The van der Waals surface area contributed by atoms with Gasteiger partial charge < -0.3 is 19.8 Å². The minimum absolute atomic E-state index is 0.0390. The van der Waals surface area contributed by atoms with Gasteiger partial charge in [-0.05, 0) is 72.4 Å². The van der Waals surface area contributed by atoms with E-state index in [1.807, 2.05) is 134 Å². The van der Waals surface area contributed by atoms with Crippen molar-refractivity contribution in [3.05, 3.63) is 191 Å². The van der Waals surface area contributed by atoms with E-state index in [4.69, 9.17) is 10.9 Å². The Kier molecular flexibility index (Phi) is 10.7. The average molecular weight is 812 g/mol. The Hall–Kier alpha value is -6.50. The molecular weight excluding hydrogens is 769 g/mol. The lowest BCUT2D eigenvalue weighted by molar-refractivity contribution is 0.451. The molecule has 8 heteroatoms. The number of rotatable bonds is 10. The second-order valence-electron chi connectivity index (χ2n) is 14.8. The largest absolute Gasteiger partial charge is 0.507 e. The second kappa shape index (κ2) is 16.0. The smallest absolute Gasteiger partial charge is 0.311 e. The number of fused-ring (bicyclic) bond motifs is 6. The fourth-order valence-electron chi connectivity index (χ4n) is 8.18. The molecule has 0 bridgehead atoms. The summed E-state index contributed by atoms with van der Waals surface area (Å²) in [6.07, 6.45) is 17.0. The zero-order valence-electron chi connectivity index (χ0n) is 32.9. The number of nitrogens with one attached hydrogen (secondary N) is 1. The Labute approximate surface area is 345 Å². The Morgan fingerprint density at radius 1 is 0.797 bits per heavy atom. The van der Waals surface area contributed by atoms with Crippen molar-refractivity contribution in [1.82, 2.24) is 0 Å². The monoisotopic (exact) mass is 811 g/mol. The standard InChI is InChI=1S/C51H43NO5P2/c1-5-7-10-19-34(3)31-37-22-17-27-42-40-25-13-15-29-45(40)58(55,52-47(37)42)33-44-49(54)39(24-8-6-2)35(4)48(53)51(44)59(56)46-30-16-14-26-41(46)43-28-18-23-38(50(43)57-59)32-36-20-11-9-12-21-36/h2,5,7-30,53-54H,3,31-33H2,1,4H3,(H,52,55)/b7-5-,19-10-,24-8-. The fourth-order valence-corrected chi connectivity index (χ4v) is 13.6. The van der Waals surface area contributed by atoms with Crippen molar-refractivity contribution in [1.29, 1.82) is 0 Å². The summed E-state index contributed by atoms with van der Waals surface area (Å²) in [7, 11) is -8.13. The summed E-state index contributed by atoms with van der Waals surface area (Å²) in [6.45, 7) is 7.85. The van der Waals surface area contributed by atoms with Crippen LogP contribution in [0.4, 0.5) is 5.69 Å². The van der Waals surface area contributed by atoms with Crippen LogP contribution in [-0.4, -0.2) is 10.2 Å². The van der Waals surface area contributed by atoms with Crippen LogP contribution in [0.5, 0.6) is 17.2 Å². The maximum atomic E-state index is 16.3. The van der Waals surface area contributed by atoms with Gasteiger partial charge in [-0.15, -0.1) is 6.42 Å². The minimum Gasteiger partial charge on any atom is -0.507 e. The van der Waals surface area contributed by atoms with Gasteiger partial charge >= 0.3 is 7.37 Å². The van der Waals surface area contributed by atoms with E-state index in [1.165, 1.54) is 12.2 Å². The zero-order valence-corrected chi connectivity index (χ0v) is 34.6. The van der Waals surface area contributed by atoms with Crippen LogP contribution < -0.4 is 25.5 Å². The molecular formula is C51H43NO5P2. The quantitative estimate of drug-likeness (QED) is 0.0552. The first kappa shape index (κ1) is 39.3. The van der Waals surface area contributed by atoms with E-state index >= 15 is 9.13 Å². The van der Waals surface area contributed by atoms with Crippen molar-refractivity contribution >= 4 is 42.3 Å². The number of terminal acetylenes is 1. The van der Waals surface area contributed by atoms with E-state index in [-0.39, 0.29) is 39.7 Å². The van der Waals surface area contributed by atoms with Crippen LogP contribution in [0.3, 0.4) is 0 Å². The summed E-state index contributed by atoms with van der Waals surface area (Å²) in [6, 6.07) is 36.5. The van der Waals surface area contributed by atoms with Crippen LogP contribution in [0.2, 0.25) is 0 Å². The maximum Gasteiger partial charge on any atom is 0.311 e. The number of hydrogen-bond acceptors (Lipinski definition) is 5. The van der Waals surface area contributed by atoms with Gasteiger partial charge in [0.05, 0.1) is 17.2 Å². The number of phenolic OH excluding ortho intramolecular Hbond substituents is 2. The third-order valence-electron chi connectivity index (χ3n) is 11.0. The number of hydrogen-bond donors (Lipinski definition) is 3. The van der Waals surface area contributed by atoms with Crippen LogP contribution >= 0.6 is 14.7 Å². The molecule has 3 N–H and O–H groups in total. The van der Waals surface area contributed by atoms with Crippen molar-refractivity contribution < 1.29 is 23.9 Å². The van der Waals surface area contributed by atoms with Gasteiger partial charge in [0.1, 0.15) is 22.6 Å². The van der Waals surface area contributed by atoms with Crippen molar-refractivity contribution in [3.63, 3.8) is 0 Å². The molecule has 0 saturated carbocycles. The van der Waals surface area contributed by atoms with E-state index < -0.39 is 14.7 Å². The number of aromatic hydroxyl groups is 2. The van der Waals surface area contributed by atoms with Gasteiger partial charge in [0, 0.05) is 39.5 Å². The topological polar surface area (TPSA) is 95.9 Å². The van der Waals surface area contributed by atoms with Crippen LogP contribution in [0.25, 0.3) is 28.3 Å². The molecule has 292 valence electrons. The molecule has 0 fully saturated rings. The van der Waals surface area contributed by atoms with Crippen molar-refractivity contribution in [2.75, 3.05) is 5.09 Å². The van der Waals surface area contributed by atoms with Crippen molar-refractivity contribution in [2.45, 2.75) is 32.9 Å². The molecule has 2 unspecified atom stereocenters. The Morgan fingerprint density at radius 3 is 2.17 bits per heavy atom. The van der Waals surface area contributed by atoms with Crippen LogP contribution in [0.15, 0.2) is 158 Å². The average Bonchev–Trinajstić information content (AvgIpc) is 3.24. The highest BCUT2D eigenvalue weighted by atomic mass is 31.2. The van der Waals surface area contributed by atoms with Gasteiger partial charge in [-0.1, -0.05) is 146 Å². The summed E-state index contributed by atoms with van der Waals surface area (Å²) < 4.78 is 39.2. The zero-order chi connectivity index (χ0) is 41.3. The minimum atomic E-state index is -4.33. The first-order valence-electron chi connectivity index (χ1n) is 19.4. The SMILES string of the molecule is C#C/C=C\c1c(C)c(O)c(P2(=O)Oc3c(Cc4ccccc4)cccc3-c3ccccc32)c(CP2(=O)Nc3c(CC(=C)/C=C\C=C/C)cccc3-c3ccccc32)c1O. The first-order valence-corrected chi connectivity index (χ1v) is 22.9. The summed E-state index contributed by atoms with van der Waals surface area (Å²) in [5, 5.41) is 29.1. The van der Waals surface area contributed by atoms with Crippen LogP contribution in [-0.2, 0) is 28.1 Å². The van der Waals surface area contributed by atoms with Gasteiger partial charge in [0.25, 0.3) is 0 Å². The number of benzene rings is 6. The number of anilines is 1. The van der Waals surface area contributed by atoms with Gasteiger partial charge in [-0.2, -0.15) is 0 Å². The molecule has 6 aromatic carbocycles. The van der Waals surface area contributed by atoms with Crippen molar-refractivity contribution in [3.8, 4) is 51.8 Å². The number of allylic oxidation sites excluding steroid dienone is 6. The summed E-state index contributed by atoms with van der Waals surface area (Å²) in [5.41, 5.74) is 7.89. The highest BCUT2D eigenvalue weighted by Gasteiger charge is 2.46. The molecule has 2 aliphatic heterocycles. The molecule has 0 saturated heterocycles. The van der Waals surface area contributed by atoms with E-state index in [2.05, 4.69) is 17.6 Å². The Bertz CT molecular complexity index is 2900. The molecule has 8 rings (SSSR count). The number of para-hydroxylation sites is 2. The maximum absolute atomic E-state index is 16.3. The highest BCUT2D eigenvalue weighted by molar-refractivity contribution is 7.76. The van der Waals surface area contributed by atoms with Gasteiger partial charge in [0.15, 0.2) is 0 Å². The van der Waals surface area contributed by atoms with E-state index in [1.54, 1.807) is 19.1 Å². The Morgan fingerprint density at radius 2 is 1.44 bits per heavy atom. The third kappa shape index (κ3) is 7.08. The predicted molar refractivity (Wildman–Crippen MR) is 244 cm³/mol. The third-order valence-corrected chi connectivity index (χ3v) is 16.0. The second-order valence-corrected chi connectivity index (χ2v) is 19.5. The summed E-state index contributed by atoms with van der Waals surface area (Å²) in [5.74, 6) is 2.26. The number of phenols is 2. The molecule has 59 heavy (non-hydrogen) atoms. The van der Waals surface area contributed by atoms with Crippen molar-refractivity contribution in [2.24, 2.45) is 0 Å². The molecule has 2 atom stereocenters. The summed E-state index contributed by atoms with van der Waals surface area (Å²) >= 11 is 0. The molecule has 6 nitrogen and oxygen atoms in total. The molecule has 0 amide bonds. The van der Waals surface area contributed by atoms with E-state index in [9.17, 15) is 10.2 Å². The highest BCUT2D eigenvalue weighted by Crippen LogP contribution is 2.62. The lowest BCUT2D eigenvalue weighted by Gasteiger charge is -2.35. The molecule has 2 heterocycles. The van der Waals surface area contributed by atoms with Gasteiger partial charge in [-0.25, -0.2) is 0 Å². The molecule has 6 aromatic rings. The van der Waals surface area contributed by atoms with E-state index in [0.717, 1.165) is 39.0 Å². The summed E-state index contributed by atoms with van der Waals surface area (Å²) in [4.78, 5) is 0. The molecule has 0 aromatic heterocycles. The van der Waals surface area contributed by atoms with Crippen LogP contribution in [0.1, 0.15) is 40.3 Å². The Balaban J connectivity index is 1.34. The predicted octanol–water partition coefficient (Wildman–Crippen LogP) is 11.4.